The molecule has 44 heavy (non-hydrogen) atoms. The van der Waals surface area contributed by atoms with E-state index in [2.05, 4.69) is 18.2 Å². The summed E-state index contributed by atoms with van der Waals surface area (Å²) in [6.45, 7) is 0.260. The minimum absolute atomic E-state index is 0.118. The number of rotatable bonds is 4. The van der Waals surface area contributed by atoms with Gasteiger partial charge in [-0.3, -0.25) is 9.59 Å². The molecule has 0 saturated carbocycles. The quantitative estimate of drug-likeness (QED) is 0.375. The van der Waals surface area contributed by atoms with Gasteiger partial charge >= 0.3 is 0 Å². The monoisotopic (exact) mass is 572 g/mol. The summed E-state index contributed by atoms with van der Waals surface area (Å²) >= 11 is 0. The van der Waals surface area contributed by atoms with Crippen LogP contribution in [0.2, 0.25) is 0 Å². The number of hydrogen-bond donors (Lipinski definition) is 1. The summed E-state index contributed by atoms with van der Waals surface area (Å²) in [5.41, 5.74) is 2.67. The number of nitrogens with zero attached hydrogens (tertiary/aromatic N) is 5. The minimum atomic E-state index is -2.37. The lowest BCUT2D eigenvalue weighted by molar-refractivity contribution is -0.134. The Balaban J connectivity index is 1.59. The van der Waals surface area contributed by atoms with E-state index in [9.17, 15) is 15.8 Å². The van der Waals surface area contributed by atoms with E-state index in [4.69, 9.17) is 5.73 Å². The molecule has 2 aliphatic heterocycles. The molecule has 0 aromatic heterocycles. The Bertz CT molecular complexity index is 2020. The van der Waals surface area contributed by atoms with E-state index in [0.29, 0.717) is 22.5 Å². The van der Waals surface area contributed by atoms with Crippen LogP contribution in [0.4, 0.5) is 11.4 Å². The van der Waals surface area contributed by atoms with E-state index in [1.165, 1.54) is 9.80 Å². The first kappa shape index (κ1) is 26.7. The van der Waals surface area contributed by atoms with Crippen molar-refractivity contribution in [3.05, 3.63) is 143 Å². The third-order valence-electron chi connectivity index (χ3n) is 9.32. The van der Waals surface area contributed by atoms with E-state index in [1.54, 1.807) is 48.5 Å². The number of fused-ring (bicyclic) bond motifs is 5. The zero-order valence-corrected chi connectivity index (χ0v) is 23.4. The smallest absolute Gasteiger partial charge is 0.244 e. The van der Waals surface area contributed by atoms with Crippen LogP contribution in [0.25, 0.3) is 0 Å². The van der Waals surface area contributed by atoms with Crippen molar-refractivity contribution in [3.8, 4) is 18.2 Å². The molecule has 4 aromatic carbocycles. The number of carbonyl (C=O) groups is 2. The summed E-state index contributed by atoms with van der Waals surface area (Å²) in [5.74, 6) is -1.22. The van der Waals surface area contributed by atoms with Crippen molar-refractivity contribution in [2.45, 2.75) is 23.9 Å². The van der Waals surface area contributed by atoms with Gasteiger partial charge in [0.25, 0.3) is 0 Å². The molecule has 1 aliphatic carbocycles. The summed E-state index contributed by atoms with van der Waals surface area (Å²) < 4.78 is 0. The fraction of sp³-hybridized carbons (Fsp3) is 0.139. The Morgan fingerprint density at radius 1 is 0.614 bits per heavy atom. The van der Waals surface area contributed by atoms with Crippen molar-refractivity contribution in [1.29, 1.82) is 15.8 Å². The number of amides is 2. The number of hydrogen-bond acceptors (Lipinski definition) is 6. The first-order valence-corrected chi connectivity index (χ1v) is 14.1. The summed E-state index contributed by atoms with van der Waals surface area (Å²) in [7, 11) is 0. The molecule has 2 heterocycles. The van der Waals surface area contributed by atoms with Crippen LogP contribution in [0.5, 0.6) is 0 Å². The zero-order valence-electron chi connectivity index (χ0n) is 23.4. The maximum Gasteiger partial charge on any atom is 0.244 e. The first-order valence-electron chi connectivity index (χ1n) is 14.1. The van der Waals surface area contributed by atoms with Crippen molar-refractivity contribution >= 4 is 23.2 Å². The molecule has 3 aliphatic rings. The Labute approximate surface area is 254 Å². The third-order valence-corrected chi connectivity index (χ3v) is 9.32. The SMILES string of the molecule is N#CC1=C(N)C(C#N)(C#N)[C@]2(C(=O)N(Cc3ccccc3)c3ccccc32)[C@]12C(=O)N(Cc1ccccc1)c1ccccc12. The van der Waals surface area contributed by atoms with E-state index in [1.807, 2.05) is 60.7 Å². The van der Waals surface area contributed by atoms with Gasteiger partial charge in [-0.25, -0.2) is 0 Å². The van der Waals surface area contributed by atoms with E-state index < -0.39 is 28.1 Å². The number of nitriles is 3. The van der Waals surface area contributed by atoms with Gasteiger partial charge in [0.2, 0.25) is 17.2 Å². The van der Waals surface area contributed by atoms with Gasteiger partial charge in [-0.1, -0.05) is 97.1 Å². The molecular weight excluding hydrogens is 548 g/mol. The number of allylic oxidation sites excluding steroid dienone is 1. The average Bonchev–Trinajstić information content (AvgIpc) is 3.55. The van der Waals surface area contributed by atoms with Crippen LogP contribution < -0.4 is 15.5 Å². The summed E-state index contributed by atoms with van der Waals surface area (Å²) in [4.78, 5) is 33.7. The highest BCUT2D eigenvalue weighted by Crippen LogP contribution is 2.72. The van der Waals surface area contributed by atoms with Crippen LogP contribution in [0.3, 0.4) is 0 Å². The number of anilines is 2. The molecule has 2 spiro atoms. The van der Waals surface area contributed by atoms with E-state index in [-0.39, 0.29) is 24.4 Å². The average molecular weight is 573 g/mol. The number of carbonyl (C=O) groups excluding carboxylic acids is 2. The van der Waals surface area contributed by atoms with Gasteiger partial charge in [0.1, 0.15) is 10.8 Å². The van der Waals surface area contributed by atoms with Crippen molar-refractivity contribution in [3.63, 3.8) is 0 Å². The fourth-order valence-electron chi connectivity index (χ4n) is 7.60. The first-order chi connectivity index (χ1) is 21.4. The van der Waals surface area contributed by atoms with Gasteiger partial charge < -0.3 is 15.5 Å². The molecule has 2 atom stereocenters. The Morgan fingerprint density at radius 2 is 1.07 bits per heavy atom. The molecule has 2 amide bonds. The zero-order chi connectivity index (χ0) is 30.7. The molecule has 0 saturated heterocycles. The van der Waals surface area contributed by atoms with Gasteiger partial charge in [-0.2, -0.15) is 15.8 Å². The van der Waals surface area contributed by atoms with Crippen LogP contribution in [-0.4, -0.2) is 11.8 Å². The molecule has 210 valence electrons. The second kappa shape index (κ2) is 9.42. The summed E-state index contributed by atoms with van der Waals surface area (Å²) in [6.07, 6.45) is 0. The molecule has 8 nitrogen and oxygen atoms in total. The lowest BCUT2D eigenvalue weighted by atomic mass is 9.50. The van der Waals surface area contributed by atoms with Gasteiger partial charge in [-0.05, 0) is 34.4 Å². The number of nitrogens with two attached hydrogens (primary N) is 1. The molecule has 2 N–H and O–H groups in total. The molecule has 0 unspecified atom stereocenters. The summed E-state index contributed by atoms with van der Waals surface area (Å²) in [5, 5.41) is 32.6. The van der Waals surface area contributed by atoms with Gasteiger partial charge in [0.15, 0.2) is 0 Å². The normalized spacial score (nSPS) is 22.6. The number of para-hydroxylation sites is 2. The highest BCUT2D eigenvalue weighted by atomic mass is 16.2. The molecule has 4 aromatic rings. The predicted octanol–water partition coefficient (Wildman–Crippen LogP) is 4.74. The van der Waals surface area contributed by atoms with Crippen LogP contribution in [0.15, 0.2) is 120 Å². The van der Waals surface area contributed by atoms with Crippen molar-refractivity contribution < 1.29 is 9.59 Å². The second-order valence-corrected chi connectivity index (χ2v) is 11.2. The largest absolute Gasteiger partial charge is 0.399 e. The van der Waals surface area contributed by atoms with E-state index >= 15 is 9.59 Å². The Kier molecular flexibility index (Phi) is 5.72. The van der Waals surface area contributed by atoms with Crippen molar-refractivity contribution in [1.82, 2.24) is 0 Å². The molecular formula is C36H24N6O2. The van der Waals surface area contributed by atoms with Crippen LogP contribution in [0, 0.1) is 39.4 Å². The third kappa shape index (κ3) is 2.93. The van der Waals surface area contributed by atoms with E-state index in [0.717, 1.165) is 11.1 Å². The molecule has 0 bridgehead atoms. The van der Waals surface area contributed by atoms with Gasteiger partial charge in [0, 0.05) is 11.4 Å². The molecule has 0 radical (unpaired) electrons. The maximum absolute atomic E-state index is 15.4. The predicted molar refractivity (Wildman–Crippen MR) is 162 cm³/mol. The highest BCUT2D eigenvalue weighted by Gasteiger charge is 2.85. The maximum atomic E-state index is 15.4. The topological polar surface area (TPSA) is 138 Å². The lowest BCUT2D eigenvalue weighted by Gasteiger charge is -2.43. The summed E-state index contributed by atoms with van der Waals surface area (Å²) in [6, 6.07) is 38.8. The lowest BCUT2D eigenvalue weighted by Crippen LogP contribution is -2.64. The Hall–Kier alpha value is -6.17. The fourth-order valence-corrected chi connectivity index (χ4v) is 7.60. The van der Waals surface area contributed by atoms with Crippen LogP contribution >= 0.6 is 0 Å². The molecule has 0 fully saturated rings. The van der Waals surface area contributed by atoms with Crippen LogP contribution in [-0.2, 0) is 33.5 Å². The standard InChI is InChI=1S/C36H24N6O2/c37-19-28-31(40)34(22-38,23-39)36(27-16-8-10-18-30(27)42(33(36)44)21-25-13-5-2-6-14-25)35(28)26-15-7-9-17-29(26)41(32(35)43)20-24-11-3-1-4-12-24/h1-18H,20-21,40H2/t35-,36-/m0/s1. The molecule has 7 rings (SSSR count). The Morgan fingerprint density at radius 3 is 1.59 bits per heavy atom. The minimum Gasteiger partial charge on any atom is -0.399 e. The van der Waals surface area contributed by atoms with Gasteiger partial charge in [0.05, 0.1) is 42.6 Å². The number of benzene rings is 4. The highest BCUT2D eigenvalue weighted by molar-refractivity contribution is 6.23. The molecule has 8 heteroatoms. The van der Waals surface area contributed by atoms with Crippen molar-refractivity contribution in [2.75, 3.05) is 9.80 Å². The van der Waals surface area contributed by atoms with Crippen LogP contribution in [0.1, 0.15) is 22.3 Å². The van der Waals surface area contributed by atoms with Gasteiger partial charge in [-0.15, -0.1) is 0 Å². The van der Waals surface area contributed by atoms with Crippen molar-refractivity contribution in [2.24, 2.45) is 11.1 Å². The second-order valence-electron chi connectivity index (χ2n) is 11.2.